The van der Waals surface area contributed by atoms with Crippen LogP contribution in [0.3, 0.4) is 0 Å². The molecule has 0 saturated heterocycles. The van der Waals surface area contributed by atoms with E-state index in [0.717, 1.165) is 5.75 Å². The molecule has 2 N–H and O–H groups in total. The largest absolute Gasteiger partial charge is 0.497 e. The second-order valence-electron chi connectivity index (χ2n) is 5.01. The predicted molar refractivity (Wildman–Crippen MR) is 95.1 cm³/mol. The minimum Gasteiger partial charge on any atom is -0.497 e. The number of amides is 2. The Kier molecular flexibility index (Phi) is 6.76. The van der Waals surface area contributed by atoms with E-state index in [1.807, 2.05) is 0 Å². The van der Waals surface area contributed by atoms with Crippen LogP contribution in [0.2, 0.25) is 0 Å². The quantitative estimate of drug-likeness (QED) is 0.719. The zero-order valence-corrected chi connectivity index (χ0v) is 14.5. The summed E-state index contributed by atoms with van der Waals surface area (Å²) < 4.78 is 21.0. The van der Waals surface area contributed by atoms with Gasteiger partial charge in [-0.2, -0.15) is 0 Å². The fraction of sp³-hybridized carbons (Fsp3) is 0.278. The number of benzene rings is 2. The van der Waals surface area contributed by atoms with Gasteiger partial charge in [0.25, 0.3) is 0 Å². The number of carbonyl (C=O) groups excluding carboxylic acids is 1. The molecule has 2 amide bonds. The fourth-order valence-electron chi connectivity index (χ4n) is 2.05. The number of rotatable bonds is 8. The van der Waals surface area contributed by atoms with Gasteiger partial charge in [-0.05, 0) is 24.3 Å². The van der Waals surface area contributed by atoms with Gasteiger partial charge < -0.3 is 29.6 Å². The Morgan fingerprint density at radius 2 is 1.40 bits per heavy atom. The van der Waals surface area contributed by atoms with Crippen molar-refractivity contribution in [2.45, 2.75) is 0 Å². The fourth-order valence-corrected chi connectivity index (χ4v) is 2.05. The Balaban J connectivity index is 1.75. The highest BCUT2D eigenvalue weighted by molar-refractivity contribution is 5.89. The van der Waals surface area contributed by atoms with E-state index >= 15 is 0 Å². The average Bonchev–Trinajstić information content (AvgIpc) is 2.65. The molecular formula is C18H22N2O5. The van der Waals surface area contributed by atoms with Crippen LogP contribution in [0.25, 0.3) is 0 Å². The van der Waals surface area contributed by atoms with Gasteiger partial charge in [-0.15, -0.1) is 0 Å². The number of nitrogens with one attached hydrogen (secondary N) is 2. The van der Waals surface area contributed by atoms with Crippen LogP contribution in [0.15, 0.2) is 42.5 Å². The topological polar surface area (TPSA) is 78.1 Å². The molecule has 134 valence electrons. The molecule has 0 bridgehead atoms. The van der Waals surface area contributed by atoms with Crippen molar-refractivity contribution in [2.24, 2.45) is 0 Å². The molecule has 2 aromatic rings. The van der Waals surface area contributed by atoms with Crippen molar-refractivity contribution in [1.82, 2.24) is 5.32 Å². The van der Waals surface area contributed by atoms with Gasteiger partial charge in [-0.25, -0.2) is 4.79 Å². The molecule has 0 aliphatic rings. The molecule has 0 saturated carbocycles. The number of carbonyl (C=O) groups is 1. The van der Waals surface area contributed by atoms with Crippen molar-refractivity contribution in [2.75, 3.05) is 39.8 Å². The Morgan fingerprint density at radius 3 is 1.96 bits per heavy atom. The highest BCUT2D eigenvalue weighted by atomic mass is 16.5. The van der Waals surface area contributed by atoms with Gasteiger partial charge in [0.1, 0.15) is 29.6 Å². The van der Waals surface area contributed by atoms with Gasteiger partial charge in [0.2, 0.25) is 0 Å². The predicted octanol–water partition coefficient (Wildman–Crippen LogP) is 2.91. The molecule has 25 heavy (non-hydrogen) atoms. The molecule has 2 aromatic carbocycles. The molecule has 0 aromatic heterocycles. The van der Waals surface area contributed by atoms with Gasteiger partial charge in [0.15, 0.2) is 0 Å². The average molecular weight is 346 g/mol. The lowest BCUT2D eigenvalue weighted by Gasteiger charge is -2.11. The summed E-state index contributed by atoms with van der Waals surface area (Å²) >= 11 is 0. The third-order valence-corrected chi connectivity index (χ3v) is 3.33. The molecule has 0 aliphatic carbocycles. The second kappa shape index (κ2) is 9.27. The van der Waals surface area contributed by atoms with Crippen molar-refractivity contribution in [3.05, 3.63) is 42.5 Å². The van der Waals surface area contributed by atoms with Crippen molar-refractivity contribution in [1.29, 1.82) is 0 Å². The lowest BCUT2D eigenvalue weighted by atomic mass is 10.3. The number of anilines is 1. The lowest BCUT2D eigenvalue weighted by molar-refractivity contribution is 0.247. The number of ether oxygens (including phenoxy) is 4. The van der Waals surface area contributed by atoms with E-state index in [4.69, 9.17) is 18.9 Å². The highest BCUT2D eigenvalue weighted by Crippen LogP contribution is 2.27. The highest BCUT2D eigenvalue weighted by Gasteiger charge is 2.04. The molecule has 0 heterocycles. The molecule has 2 rings (SSSR count). The maximum atomic E-state index is 11.8. The summed E-state index contributed by atoms with van der Waals surface area (Å²) in [4.78, 5) is 11.8. The smallest absolute Gasteiger partial charge is 0.319 e. The van der Waals surface area contributed by atoms with Crippen LogP contribution in [-0.4, -0.2) is 40.5 Å². The first-order valence-corrected chi connectivity index (χ1v) is 7.69. The van der Waals surface area contributed by atoms with Crippen molar-refractivity contribution < 1.29 is 23.7 Å². The first kappa shape index (κ1) is 18.3. The molecule has 0 atom stereocenters. The Morgan fingerprint density at radius 1 is 0.840 bits per heavy atom. The normalized spacial score (nSPS) is 9.88. The van der Waals surface area contributed by atoms with Crippen LogP contribution >= 0.6 is 0 Å². The molecule has 0 aliphatic heterocycles. The summed E-state index contributed by atoms with van der Waals surface area (Å²) in [6, 6.07) is 12.0. The molecule has 0 fully saturated rings. The molecule has 7 heteroatoms. The monoisotopic (exact) mass is 346 g/mol. The lowest BCUT2D eigenvalue weighted by Crippen LogP contribution is -2.32. The standard InChI is InChI=1S/C18H22N2O5/c1-22-14-6-4-13(5-7-14)20-18(21)19-8-9-25-17-11-15(23-2)10-16(12-17)24-3/h4-7,10-12H,8-9H2,1-3H3,(H2,19,20,21). The summed E-state index contributed by atoms with van der Waals surface area (Å²) in [5.74, 6) is 2.61. The van der Waals surface area contributed by atoms with Crippen LogP contribution in [0, 0.1) is 0 Å². The van der Waals surface area contributed by atoms with E-state index < -0.39 is 0 Å². The summed E-state index contributed by atoms with van der Waals surface area (Å²) in [5.41, 5.74) is 0.678. The van der Waals surface area contributed by atoms with Gasteiger partial charge >= 0.3 is 6.03 Å². The van der Waals surface area contributed by atoms with E-state index in [1.165, 1.54) is 0 Å². The minimum atomic E-state index is -0.308. The van der Waals surface area contributed by atoms with Crippen molar-refractivity contribution in [3.8, 4) is 23.0 Å². The third-order valence-electron chi connectivity index (χ3n) is 3.33. The summed E-state index contributed by atoms with van der Waals surface area (Å²) in [6.07, 6.45) is 0. The van der Waals surface area contributed by atoms with Gasteiger partial charge in [0.05, 0.1) is 27.9 Å². The first-order valence-electron chi connectivity index (χ1n) is 7.69. The molecule has 7 nitrogen and oxygen atoms in total. The van der Waals surface area contributed by atoms with Gasteiger partial charge in [-0.3, -0.25) is 0 Å². The van der Waals surface area contributed by atoms with Crippen LogP contribution in [-0.2, 0) is 0 Å². The van der Waals surface area contributed by atoms with E-state index in [-0.39, 0.29) is 6.03 Å². The molecule has 0 radical (unpaired) electrons. The van der Waals surface area contributed by atoms with Gasteiger partial charge in [0, 0.05) is 23.9 Å². The minimum absolute atomic E-state index is 0.308. The number of hydrogen-bond donors (Lipinski definition) is 2. The summed E-state index contributed by atoms with van der Waals surface area (Å²) in [6.45, 7) is 0.661. The van der Waals surface area contributed by atoms with Crippen LogP contribution < -0.4 is 29.6 Å². The van der Waals surface area contributed by atoms with Gasteiger partial charge in [-0.1, -0.05) is 0 Å². The molecular weight excluding hydrogens is 324 g/mol. The van der Waals surface area contributed by atoms with Crippen LogP contribution in [0.1, 0.15) is 0 Å². The number of hydrogen-bond acceptors (Lipinski definition) is 5. The third kappa shape index (κ3) is 5.80. The van der Waals surface area contributed by atoms with E-state index in [9.17, 15) is 4.79 Å². The van der Waals surface area contributed by atoms with Crippen LogP contribution in [0.5, 0.6) is 23.0 Å². The first-order chi connectivity index (χ1) is 12.1. The number of urea groups is 1. The van der Waals surface area contributed by atoms with Crippen molar-refractivity contribution in [3.63, 3.8) is 0 Å². The zero-order valence-electron chi connectivity index (χ0n) is 14.5. The zero-order chi connectivity index (χ0) is 18.1. The number of methoxy groups -OCH3 is 3. The molecule has 0 unspecified atom stereocenters. The maximum Gasteiger partial charge on any atom is 0.319 e. The second-order valence-corrected chi connectivity index (χ2v) is 5.01. The Bertz CT molecular complexity index is 666. The summed E-state index contributed by atoms with van der Waals surface area (Å²) in [7, 11) is 4.74. The SMILES string of the molecule is COc1ccc(NC(=O)NCCOc2cc(OC)cc(OC)c2)cc1. The van der Waals surface area contributed by atoms with E-state index in [0.29, 0.717) is 36.1 Å². The van der Waals surface area contributed by atoms with Crippen molar-refractivity contribution >= 4 is 11.7 Å². The Labute approximate surface area is 146 Å². The van der Waals surface area contributed by atoms with E-state index in [2.05, 4.69) is 10.6 Å². The van der Waals surface area contributed by atoms with E-state index in [1.54, 1.807) is 63.8 Å². The molecule has 0 spiro atoms. The van der Waals surface area contributed by atoms with Crippen LogP contribution in [0.4, 0.5) is 10.5 Å². The maximum absolute atomic E-state index is 11.8. The Hall–Kier alpha value is -3.09. The summed E-state index contributed by atoms with van der Waals surface area (Å²) in [5, 5.41) is 5.45.